The van der Waals surface area contributed by atoms with E-state index in [1.807, 2.05) is 0 Å². The number of aromatic nitrogens is 2. The average Bonchev–Trinajstić information content (AvgIpc) is 3.82. The first kappa shape index (κ1) is 38.7. The molecular weight excluding hydrogens is 812 g/mol. The fourth-order valence-electron chi connectivity index (χ4n) is 6.50. The van der Waals surface area contributed by atoms with Gasteiger partial charge in [0.05, 0.1) is 43.2 Å². The smallest absolute Gasteiger partial charge is 0.119 e. The van der Waals surface area contributed by atoms with Crippen molar-refractivity contribution in [3.8, 4) is 54.9 Å². The van der Waals surface area contributed by atoms with Gasteiger partial charge in [0.25, 0.3) is 0 Å². The van der Waals surface area contributed by atoms with Crippen LogP contribution in [0.1, 0.15) is 79.1 Å². The monoisotopic (exact) mass is 858 g/mol. The van der Waals surface area contributed by atoms with Gasteiger partial charge in [0, 0.05) is 32.0 Å². The number of hydrogen-bond acceptors (Lipinski definition) is 6. The summed E-state index contributed by atoms with van der Waals surface area (Å²) in [6.07, 6.45) is 9.58. The van der Waals surface area contributed by atoms with E-state index in [0.717, 1.165) is 99.6 Å². The molecule has 3 heterocycles. The molecule has 0 saturated carbocycles. The zero-order valence-electron chi connectivity index (χ0n) is 30.6. The molecule has 3 aromatic heterocycles. The van der Waals surface area contributed by atoms with E-state index in [0.29, 0.717) is 11.8 Å². The molecule has 6 aromatic rings. The Labute approximate surface area is 334 Å². The number of benzene rings is 3. The van der Waals surface area contributed by atoms with Crippen LogP contribution < -0.4 is 9.47 Å². The molecular formula is C44H48Br2N2O2S2. The van der Waals surface area contributed by atoms with E-state index in [9.17, 15) is 0 Å². The van der Waals surface area contributed by atoms with Crippen LogP contribution in [0.4, 0.5) is 0 Å². The number of ether oxygens (including phenoxy) is 2. The Bertz CT molecular complexity index is 1890. The van der Waals surface area contributed by atoms with Gasteiger partial charge in [-0.2, -0.15) is 0 Å². The van der Waals surface area contributed by atoms with Gasteiger partial charge in [0.15, 0.2) is 0 Å². The molecule has 0 bridgehead atoms. The van der Waals surface area contributed by atoms with Gasteiger partial charge >= 0.3 is 0 Å². The predicted molar refractivity (Wildman–Crippen MR) is 230 cm³/mol. The van der Waals surface area contributed by atoms with Gasteiger partial charge in [-0.15, -0.1) is 22.7 Å². The van der Waals surface area contributed by atoms with E-state index in [1.165, 1.54) is 38.5 Å². The maximum Gasteiger partial charge on any atom is 0.119 e. The summed E-state index contributed by atoms with van der Waals surface area (Å²) in [6.45, 7) is 10.5. The predicted octanol–water partition coefficient (Wildman–Crippen LogP) is 15.1. The van der Waals surface area contributed by atoms with Crippen LogP contribution in [-0.4, -0.2) is 23.2 Å². The van der Waals surface area contributed by atoms with Crippen molar-refractivity contribution in [2.45, 2.75) is 79.1 Å². The number of fused-ring (bicyclic) bond motifs is 1. The molecule has 0 spiro atoms. The lowest BCUT2D eigenvalue weighted by Gasteiger charge is -2.17. The van der Waals surface area contributed by atoms with Gasteiger partial charge in [0.1, 0.15) is 11.5 Å². The molecule has 2 atom stereocenters. The lowest BCUT2D eigenvalue weighted by Crippen LogP contribution is -2.11. The third kappa shape index (κ3) is 9.54. The molecule has 0 N–H and O–H groups in total. The molecule has 0 aliphatic carbocycles. The Hall–Kier alpha value is -3.04. The largest absolute Gasteiger partial charge is 0.493 e. The highest BCUT2D eigenvalue weighted by molar-refractivity contribution is 9.11. The van der Waals surface area contributed by atoms with Gasteiger partial charge in [-0.25, -0.2) is 9.97 Å². The normalized spacial score (nSPS) is 12.7. The number of rotatable bonds is 18. The fourth-order valence-corrected chi connectivity index (χ4v) is 9.32. The van der Waals surface area contributed by atoms with Gasteiger partial charge < -0.3 is 9.47 Å². The van der Waals surface area contributed by atoms with Crippen molar-refractivity contribution in [2.24, 2.45) is 11.8 Å². The summed E-state index contributed by atoms with van der Waals surface area (Å²) in [4.78, 5) is 13.3. The standard InChI is InChI=1S/C44H48Br2N2O2S2/c1-5-9-11-29(7-3)27-49-33-17-13-31(14-18-33)41-42(32-15-19-34(20-16-32)50-28-30(8-4)12-10-6-2)48-44-36(38-24-26-40(46)52-38)22-21-35(43(44)47-41)37-23-25-39(45)51-37/h13-26,29-30H,5-12,27-28H2,1-4H3. The van der Waals surface area contributed by atoms with Crippen molar-refractivity contribution < 1.29 is 9.47 Å². The van der Waals surface area contributed by atoms with Gasteiger partial charge in [-0.1, -0.05) is 78.4 Å². The molecule has 0 aliphatic rings. The molecule has 0 aliphatic heterocycles. The van der Waals surface area contributed by atoms with Gasteiger partial charge in [0.2, 0.25) is 0 Å². The summed E-state index contributed by atoms with van der Waals surface area (Å²) < 4.78 is 14.8. The van der Waals surface area contributed by atoms with E-state index in [4.69, 9.17) is 19.4 Å². The zero-order valence-corrected chi connectivity index (χ0v) is 35.4. The first-order valence-corrected chi connectivity index (χ1v) is 21.9. The van der Waals surface area contributed by atoms with E-state index in [-0.39, 0.29) is 0 Å². The molecule has 8 heteroatoms. The van der Waals surface area contributed by atoms with Crippen molar-refractivity contribution in [1.29, 1.82) is 0 Å². The van der Waals surface area contributed by atoms with Crippen LogP contribution in [0.25, 0.3) is 54.4 Å². The minimum atomic E-state index is 0.572. The molecule has 0 saturated heterocycles. The summed E-state index contributed by atoms with van der Waals surface area (Å²) in [5.74, 6) is 2.91. The summed E-state index contributed by atoms with van der Waals surface area (Å²) in [7, 11) is 0. The summed E-state index contributed by atoms with van der Waals surface area (Å²) >= 11 is 10.8. The highest BCUT2D eigenvalue weighted by Gasteiger charge is 2.21. The quantitative estimate of drug-likeness (QED) is 0.0864. The van der Waals surface area contributed by atoms with Crippen LogP contribution in [0.5, 0.6) is 11.5 Å². The number of unbranched alkanes of at least 4 members (excludes halogenated alkanes) is 2. The second-order valence-electron chi connectivity index (χ2n) is 13.5. The SMILES string of the molecule is CCCCC(CC)COc1ccc(-c2nc3c(-c4ccc(Br)s4)ccc(-c4ccc(Br)s4)c3nc2-c2ccc(OCC(CC)CCCC)cc2)cc1. The van der Waals surface area contributed by atoms with Crippen LogP contribution >= 0.6 is 54.5 Å². The molecule has 0 amide bonds. The van der Waals surface area contributed by atoms with E-state index in [1.54, 1.807) is 22.7 Å². The fraction of sp³-hybridized carbons (Fsp3) is 0.364. The van der Waals surface area contributed by atoms with Gasteiger partial charge in [-0.05, 0) is 129 Å². The van der Waals surface area contributed by atoms with Crippen LogP contribution in [0.3, 0.4) is 0 Å². The van der Waals surface area contributed by atoms with Gasteiger partial charge in [-0.3, -0.25) is 0 Å². The van der Waals surface area contributed by atoms with E-state index >= 15 is 0 Å². The molecule has 52 heavy (non-hydrogen) atoms. The second-order valence-corrected chi connectivity index (χ2v) is 18.4. The van der Waals surface area contributed by atoms with Crippen molar-refractivity contribution in [1.82, 2.24) is 9.97 Å². The average molecular weight is 861 g/mol. The minimum Gasteiger partial charge on any atom is -0.493 e. The topological polar surface area (TPSA) is 44.2 Å². The van der Waals surface area contributed by atoms with Crippen LogP contribution in [0, 0.1) is 11.8 Å². The Morgan fingerprint density at radius 2 is 0.942 bits per heavy atom. The number of halogens is 2. The van der Waals surface area contributed by atoms with Crippen LogP contribution in [-0.2, 0) is 0 Å². The van der Waals surface area contributed by atoms with Crippen LogP contribution in [0.2, 0.25) is 0 Å². The lowest BCUT2D eigenvalue weighted by atomic mass is 10.00. The van der Waals surface area contributed by atoms with Crippen LogP contribution in [0.15, 0.2) is 92.5 Å². The summed E-state index contributed by atoms with van der Waals surface area (Å²) in [5, 5.41) is 0. The number of hydrogen-bond donors (Lipinski definition) is 0. The van der Waals surface area contributed by atoms with Crippen molar-refractivity contribution in [3.63, 3.8) is 0 Å². The molecule has 6 rings (SSSR count). The summed E-state index contributed by atoms with van der Waals surface area (Å²) in [5.41, 5.74) is 7.59. The Balaban J connectivity index is 1.43. The van der Waals surface area contributed by atoms with E-state index in [2.05, 4.69) is 144 Å². The van der Waals surface area contributed by atoms with E-state index < -0.39 is 0 Å². The highest BCUT2D eigenvalue weighted by Crippen LogP contribution is 2.43. The highest BCUT2D eigenvalue weighted by atomic mass is 79.9. The number of nitrogens with zero attached hydrogens (tertiary/aromatic N) is 2. The molecule has 2 unspecified atom stereocenters. The molecule has 272 valence electrons. The Kier molecular flexibility index (Phi) is 14.0. The molecule has 0 fully saturated rings. The number of thiophene rings is 2. The first-order valence-electron chi connectivity index (χ1n) is 18.7. The maximum atomic E-state index is 6.30. The second kappa shape index (κ2) is 18.8. The summed E-state index contributed by atoms with van der Waals surface area (Å²) in [6, 6.07) is 29.7. The van der Waals surface area contributed by atoms with Crippen molar-refractivity contribution in [2.75, 3.05) is 13.2 Å². The molecule has 4 nitrogen and oxygen atoms in total. The Morgan fingerprint density at radius 3 is 1.27 bits per heavy atom. The Morgan fingerprint density at radius 1 is 0.538 bits per heavy atom. The van der Waals surface area contributed by atoms with Crippen molar-refractivity contribution >= 4 is 65.6 Å². The lowest BCUT2D eigenvalue weighted by molar-refractivity contribution is 0.233. The third-order valence-corrected chi connectivity index (χ3v) is 13.1. The maximum absolute atomic E-state index is 6.30. The van der Waals surface area contributed by atoms with Crippen molar-refractivity contribution in [3.05, 3.63) is 92.5 Å². The zero-order chi connectivity index (χ0) is 36.5. The first-order chi connectivity index (χ1) is 25.4. The third-order valence-electron chi connectivity index (χ3n) is 9.81. The molecule has 3 aromatic carbocycles. The minimum absolute atomic E-state index is 0.572. The molecule has 0 radical (unpaired) electrons.